The van der Waals surface area contributed by atoms with Gasteiger partial charge >= 0.3 is 0 Å². The molecule has 2 N–H and O–H groups in total. The summed E-state index contributed by atoms with van der Waals surface area (Å²) in [6.45, 7) is 3.46. The molecule has 0 fully saturated rings. The molecule has 0 saturated carbocycles. The van der Waals surface area contributed by atoms with Crippen LogP contribution in [0.5, 0.6) is 5.75 Å². The third-order valence-electron chi connectivity index (χ3n) is 4.15. The minimum absolute atomic E-state index is 0.110. The number of hydrogen-bond donors (Lipinski definition) is 2. The number of amides is 2. The number of aromatic hydroxyl groups is 1. The molecule has 0 aliphatic heterocycles. The number of rotatable bonds is 4. The van der Waals surface area contributed by atoms with Crippen LogP contribution in [0, 0.1) is 0 Å². The average Bonchev–Trinajstić information content (AvgIpc) is 2.67. The van der Waals surface area contributed by atoms with Crippen molar-refractivity contribution in [1.82, 2.24) is 0 Å². The van der Waals surface area contributed by atoms with Crippen LogP contribution in [0.4, 0.5) is 11.4 Å². The quantitative estimate of drug-likeness (QED) is 0.703. The lowest BCUT2D eigenvalue weighted by atomic mass is 10.1. The van der Waals surface area contributed by atoms with Gasteiger partial charge in [-0.2, -0.15) is 0 Å². The molecule has 0 bridgehead atoms. The fourth-order valence-corrected chi connectivity index (χ4v) is 2.72. The summed E-state index contributed by atoms with van der Waals surface area (Å²) in [5.41, 5.74) is 1.64. The van der Waals surface area contributed by atoms with Gasteiger partial charge in [-0.3, -0.25) is 9.59 Å². The molecule has 0 spiro atoms. The van der Waals surface area contributed by atoms with Gasteiger partial charge in [0.1, 0.15) is 5.75 Å². The summed E-state index contributed by atoms with van der Waals surface area (Å²) in [6, 6.07) is 17.3. The SMILES string of the molecule is C=CC(=O)N(C)c1ccc(C(=O)Nc2cccc3cccc(O)c23)cc1. The van der Waals surface area contributed by atoms with E-state index in [0.717, 1.165) is 5.39 Å². The Morgan fingerprint density at radius 1 is 1.04 bits per heavy atom. The molecule has 130 valence electrons. The van der Waals surface area contributed by atoms with Crippen molar-refractivity contribution in [2.45, 2.75) is 0 Å². The number of nitrogens with zero attached hydrogens (tertiary/aromatic N) is 1. The number of phenolic OH excluding ortho intramolecular Hbond substituents is 1. The summed E-state index contributed by atoms with van der Waals surface area (Å²) in [6.07, 6.45) is 1.23. The molecule has 3 aromatic rings. The first kappa shape index (κ1) is 17.2. The van der Waals surface area contributed by atoms with Gasteiger partial charge in [-0.15, -0.1) is 0 Å². The third-order valence-corrected chi connectivity index (χ3v) is 4.15. The van der Waals surface area contributed by atoms with Crippen LogP contribution < -0.4 is 10.2 Å². The normalized spacial score (nSPS) is 10.3. The Labute approximate surface area is 151 Å². The van der Waals surface area contributed by atoms with Gasteiger partial charge in [0.2, 0.25) is 5.91 Å². The van der Waals surface area contributed by atoms with Gasteiger partial charge in [-0.05, 0) is 47.9 Å². The fourth-order valence-electron chi connectivity index (χ4n) is 2.72. The van der Waals surface area contributed by atoms with E-state index in [1.807, 2.05) is 18.2 Å². The highest BCUT2D eigenvalue weighted by molar-refractivity contribution is 6.10. The molecule has 0 aliphatic rings. The Kier molecular flexibility index (Phi) is 4.71. The Morgan fingerprint density at radius 3 is 2.35 bits per heavy atom. The van der Waals surface area contributed by atoms with E-state index in [4.69, 9.17) is 0 Å². The molecule has 5 nitrogen and oxygen atoms in total. The van der Waals surface area contributed by atoms with Gasteiger partial charge < -0.3 is 15.3 Å². The third kappa shape index (κ3) is 3.28. The van der Waals surface area contributed by atoms with Crippen LogP contribution in [-0.4, -0.2) is 24.0 Å². The van der Waals surface area contributed by atoms with Crippen LogP contribution in [0.15, 0.2) is 73.3 Å². The molecule has 2 amide bonds. The maximum Gasteiger partial charge on any atom is 0.255 e. The van der Waals surface area contributed by atoms with Crippen molar-refractivity contribution in [3.05, 3.63) is 78.9 Å². The van der Waals surface area contributed by atoms with Crippen LogP contribution in [0.2, 0.25) is 0 Å². The zero-order valence-corrected chi connectivity index (χ0v) is 14.3. The van der Waals surface area contributed by atoms with Gasteiger partial charge in [-0.25, -0.2) is 0 Å². The van der Waals surface area contributed by atoms with Crippen LogP contribution >= 0.6 is 0 Å². The van der Waals surface area contributed by atoms with E-state index < -0.39 is 0 Å². The smallest absolute Gasteiger partial charge is 0.255 e. The van der Waals surface area contributed by atoms with Gasteiger partial charge in [0, 0.05) is 23.7 Å². The molecular weight excluding hydrogens is 328 g/mol. The number of anilines is 2. The Hall–Kier alpha value is -3.60. The first-order valence-corrected chi connectivity index (χ1v) is 8.03. The van der Waals surface area contributed by atoms with Gasteiger partial charge in [0.15, 0.2) is 0 Å². The summed E-state index contributed by atoms with van der Waals surface area (Å²) >= 11 is 0. The molecule has 0 radical (unpaired) electrons. The largest absolute Gasteiger partial charge is 0.507 e. The minimum atomic E-state index is -0.301. The molecular formula is C21H18N2O3. The molecule has 0 atom stereocenters. The number of carbonyl (C=O) groups is 2. The standard InChI is InChI=1S/C21H18N2O3/c1-3-19(25)23(2)16-12-10-15(11-13-16)21(26)22-17-8-4-6-14-7-5-9-18(24)20(14)17/h3-13,24H,1H2,2H3,(H,22,26). The van der Waals surface area contributed by atoms with Crippen molar-refractivity contribution < 1.29 is 14.7 Å². The fraction of sp³-hybridized carbons (Fsp3) is 0.0476. The Balaban J connectivity index is 1.85. The maximum atomic E-state index is 12.6. The monoisotopic (exact) mass is 346 g/mol. The first-order valence-electron chi connectivity index (χ1n) is 8.03. The average molecular weight is 346 g/mol. The van der Waals surface area contributed by atoms with E-state index in [2.05, 4.69) is 11.9 Å². The molecule has 0 aromatic heterocycles. The van der Waals surface area contributed by atoms with Crippen molar-refractivity contribution >= 4 is 34.0 Å². The lowest BCUT2D eigenvalue weighted by Gasteiger charge is -2.15. The minimum Gasteiger partial charge on any atom is -0.507 e. The highest BCUT2D eigenvalue weighted by Gasteiger charge is 2.12. The molecule has 0 unspecified atom stereocenters. The van der Waals surface area contributed by atoms with Gasteiger partial charge in [0.05, 0.1) is 5.69 Å². The number of phenols is 1. The molecule has 26 heavy (non-hydrogen) atoms. The second-order valence-corrected chi connectivity index (χ2v) is 5.78. The number of likely N-dealkylation sites (N-methyl/N-ethyl adjacent to an activating group) is 1. The predicted molar refractivity (Wildman–Crippen MR) is 104 cm³/mol. The number of hydrogen-bond acceptors (Lipinski definition) is 3. The molecule has 0 saturated heterocycles. The van der Waals surface area contributed by atoms with E-state index >= 15 is 0 Å². The second kappa shape index (κ2) is 7.11. The van der Waals surface area contributed by atoms with Crippen LogP contribution in [0.1, 0.15) is 10.4 Å². The summed E-state index contributed by atoms with van der Waals surface area (Å²) in [5, 5.41) is 14.4. The van der Waals surface area contributed by atoms with E-state index in [-0.39, 0.29) is 17.6 Å². The summed E-state index contributed by atoms with van der Waals surface area (Å²) < 4.78 is 0. The van der Waals surface area contributed by atoms with Crippen LogP contribution in [0.25, 0.3) is 10.8 Å². The lowest BCUT2D eigenvalue weighted by Crippen LogP contribution is -2.23. The van der Waals surface area contributed by atoms with Crippen molar-refractivity contribution in [2.24, 2.45) is 0 Å². The topological polar surface area (TPSA) is 69.6 Å². The molecule has 3 aromatic carbocycles. The number of fused-ring (bicyclic) bond motifs is 1. The van der Waals surface area contributed by atoms with Gasteiger partial charge in [-0.1, -0.05) is 30.8 Å². The maximum absolute atomic E-state index is 12.6. The van der Waals surface area contributed by atoms with Crippen molar-refractivity contribution in [2.75, 3.05) is 17.3 Å². The molecule has 0 heterocycles. The number of benzene rings is 3. The zero-order chi connectivity index (χ0) is 18.7. The van der Waals surface area contributed by atoms with Crippen molar-refractivity contribution in [3.8, 4) is 5.75 Å². The highest BCUT2D eigenvalue weighted by Crippen LogP contribution is 2.31. The van der Waals surface area contributed by atoms with E-state index in [0.29, 0.717) is 22.3 Å². The summed E-state index contributed by atoms with van der Waals surface area (Å²) in [7, 11) is 1.64. The zero-order valence-electron chi connectivity index (χ0n) is 14.3. The molecule has 0 aliphatic carbocycles. The number of carbonyl (C=O) groups excluding carboxylic acids is 2. The van der Waals surface area contributed by atoms with Crippen LogP contribution in [-0.2, 0) is 4.79 Å². The van der Waals surface area contributed by atoms with Crippen molar-refractivity contribution in [1.29, 1.82) is 0 Å². The molecule has 3 rings (SSSR count). The first-order chi connectivity index (χ1) is 12.5. The number of nitrogens with one attached hydrogen (secondary N) is 1. The second-order valence-electron chi connectivity index (χ2n) is 5.78. The van der Waals surface area contributed by atoms with Gasteiger partial charge in [0.25, 0.3) is 5.91 Å². The predicted octanol–water partition coefficient (Wildman–Crippen LogP) is 3.95. The van der Waals surface area contributed by atoms with E-state index in [1.165, 1.54) is 11.0 Å². The lowest BCUT2D eigenvalue weighted by molar-refractivity contribution is -0.113. The highest BCUT2D eigenvalue weighted by atomic mass is 16.3. The van der Waals surface area contributed by atoms with E-state index in [9.17, 15) is 14.7 Å². The van der Waals surface area contributed by atoms with Crippen molar-refractivity contribution in [3.63, 3.8) is 0 Å². The Bertz CT molecular complexity index is 989. The van der Waals surface area contributed by atoms with E-state index in [1.54, 1.807) is 49.5 Å². The summed E-state index contributed by atoms with van der Waals surface area (Å²) in [5.74, 6) is -0.420. The summed E-state index contributed by atoms with van der Waals surface area (Å²) in [4.78, 5) is 25.6. The van der Waals surface area contributed by atoms with Crippen LogP contribution in [0.3, 0.4) is 0 Å². The Morgan fingerprint density at radius 2 is 1.69 bits per heavy atom. The molecule has 5 heteroatoms.